The van der Waals surface area contributed by atoms with Gasteiger partial charge in [0.25, 0.3) is 0 Å². The van der Waals surface area contributed by atoms with E-state index in [0.29, 0.717) is 0 Å². The third-order valence-corrected chi connectivity index (χ3v) is 2.67. The van der Waals surface area contributed by atoms with Gasteiger partial charge in [-0.1, -0.05) is 37.6 Å². The molecule has 0 aliphatic rings. The van der Waals surface area contributed by atoms with E-state index in [-0.39, 0.29) is 0 Å². The van der Waals surface area contributed by atoms with Crippen LogP contribution in [0.2, 0.25) is 0 Å². The monoisotopic (exact) mass is 212 g/mol. The Hall–Kier alpha value is -1.70. The fraction of sp³-hybridized carbons (Fsp3) is 0.286. The normalized spacial score (nSPS) is 10.3. The molecule has 0 unspecified atom stereocenters. The molecule has 82 valence electrons. The lowest BCUT2D eigenvalue weighted by Gasteiger charge is -2.07. The van der Waals surface area contributed by atoms with Crippen LogP contribution in [0.5, 0.6) is 0 Å². The van der Waals surface area contributed by atoms with Crippen molar-refractivity contribution in [1.29, 1.82) is 0 Å². The largest absolute Gasteiger partial charge is 0.245 e. The smallest absolute Gasteiger partial charge is 0.116 e. The summed E-state index contributed by atoms with van der Waals surface area (Å²) < 4.78 is 0. The highest BCUT2D eigenvalue weighted by Crippen LogP contribution is 2.22. The minimum Gasteiger partial charge on any atom is -0.245 e. The molecule has 2 aromatic rings. The molecule has 0 saturated heterocycles. The second-order valence-electron chi connectivity index (χ2n) is 3.86. The van der Waals surface area contributed by atoms with Crippen LogP contribution in [0.3, 0.4) is 0 Å². The Morgan fingerprint density at radius 3 is 2.75 bits per heavy atom. The zero-order valence-electron chi connectivity index (χ0n) is 9.56. The fourth-order valence-electron chi connectivity index (χ4n) is 1.81. The predicted molar refractivity (Wildman–Crippen MR) is 66.1 cm³/mol. The quantitative estimate of drug-likeness (QED) is 0.775. The molecule has 1 heterocycles. The third-order valence-electron chi connectivity index (χ3n) is 2.67. The Bertz CT molecular complexity index is 437. The SMILES string of the molecule is CCCCc1ccccc1-c1ccncn1. The van der Waals surface area contributed by atoms with Crippen LogP contribution in [0, 0.1) is 0 Å². The van der Waals surface area contributed by atoms with Crippen molar-refractivity contribution >= 4 is 0 Å². The first-order valence-corrected chi connectivity index (χ1v) is 5.76. The number of benzene rings is 1. The molecule has 2 nitrogen and oxygen atoms in total. The second-order valence-corrected chi connectivity index (χ2v) is 3.86. The standard InChI is InChI=1S/C14H16N2/c1-2-3-6-12-7-4-5-8-13(12)14-9-10-15-11-16-14/h4-5,7-11H,2-3,6H2,1H3. The lowest BCUT2D eigenvalue weighted by atomic mass is 10.00. The van der Waals surface area contributed by atoms with Crippen LogP contribution in [0.4, 0.5) is 0 Å². The molecule has 0 atom stereocenters. The van der Waals surface area contributed by atoms with Crippen molar-refractivity contribution in [2.45, 2.75) is 26.2 Å². The Labute approximate surface area is 96.4 Å². The van der Waals surface area contributed by atoms with E-state index in [0.717, 1.165) is 12.1 Å². The first kappa shape index (κ1) is 10.8. The number of aromatic nitrogens is 2. The molecule has 2 heteroatoms. The summed E-state index contributed by atoms with van der Waals surface area (Å²) in [6, 6.07) is 10.4. The molecule has 2 rings (SSSR count). The highest BCUT2D eigenvalue weighted by Gasteiger charge is 2.04. The van der Waals surface area contributed by atoms with Crippen molar-refractivity contribution in [1.82, 2.24) is 9.97 Å². The van der Waals surface area contributed by atoms with E-state index in [1.807, 2.05) is 6.07 Å². The van der Waals surface area contributed by atoms with E-state index >= 15 is 0 Å². The zero-order chi connectivity index (χ0) is 11.2. The Balaban J connectivity index is 2.33. The van der Waals surface area contributed by atoms with Gasteiger partial charge in [0.15, 0.2) is 0 Å². The van der Waals surface area contributed by atoms with Crippen LogP contribution in [0.1, 0.15) is 25.3 Å². The summed E-state index contributed by atoms with van der Waals surface area (Å²) in [6.07, 6.45) is 6.96. The van der Waals surface area contributed by atoms with E-state index in [1.165, 1.54) is 24.0 Å². The van der Waals surface area contributed by atoms with E-state index in [9.17, 15) is 0 Å². The summed E-state index contributed by atoms with van der Waals surface area (Å²) in [6.45, 7) is 2.22. The minimum atomic E-state index is 1.02. The summed E-state index contributed by atoms with van der Waals surface area (Å²) in [5.74, 6) is 0. The molecule has 0 bridgehead atoms. The van der Waals surface area contributed by atoms with Gasteiger partial charge in [0, 0.05) is 11.8 Å². The van der Waals surface area contributed by atoms with Crippen molar-refractivity contribution in [2.75, 3.05) is 0 Å². The van der Waals surface area contributed by atoms with E-state index in [4.69, 9.17) is 0 Å². The van der Waals surface area contributed by atoms with Crippen molar-refractivity contribution in [3.63, 3.8) is 0 Å². The lowest BCUT2D eigenvalue weighted by molar-refractivity contribution is 0.796. The van der Waals surface area contributed by atoms with Gasteiger partial charge in [-0.15, -0.1) is 0 Å². The van der Waals surface area contributed by atoms with Crippen LogP contribution in [-0.2, 0) is 6.42 Å². The van der Waals surface area contributed by atoms with E-state index in [1.54, 1.807) is 12.5 Å². The van der Waals surface area contributed by atoms with Gasteiger partial charge in [0.05, 0.1) is 5.69 Å². The molecule has 0 N–H and O–H groups in total. The van der Waals surface area contributed by atoms with Crippen molar-refractivity contribution < 1.29 is 0 Å². The van der Waals surface area contributed by atoms with Crippen molar-refractivity contribution in [3.05, 3.63) is 48.4 Å². The summed E-state index contributed by atoms with van der Waals surface area (Å²) in [4.78, 5) is 8.26. The molecule has 0 aliphatic heterocycles. The maximum absolute atomic E-state index is 4.31. The van der Waals surface area contributed by atoms with Gasteiger partial charge in [-0.25, -0.2) is 9.97 Å². The molecule has 0 radical (unpaired) electrons. The Morgan fingerprint density at radius 2 is 2.00 bits per heavy atom. The van der Waals surface area contributed by atoms with Crippen LogP contribution < -0.4 is 0 Å². The second kappa shape index (κ2) is 5.40. The zero-order valence-corrected chi connectivity index (χ0v) is 9.56. The number of rotatable bonds is 4. The highest BCUT2D eigenvalue weighted by atomic mass is 14.8. The maximum Gasteiger partial charge on any atom is 0.116 e. The molecule has 0 amide bonds. The average Bonchev–Trinajstić information content (AvgIpc) is 2.38. The molecule has 1 aromatic heterocycles. The van der Waals surface area contributed by atoms with E-state index < -0.39 is 0 Å². The summed E-state index contributed by atoms with van der Waals surface area (Å²) >= 11 is 0. The molecule has 0 saturated carbocycles. The van der Waals surface area contributed by atoms with Crippen molar-refractivity contribution in [3.8, 4) is 11.3 Å². The number of unbranched alkanes of at least 4 members (excludes halogenated alkanes) is 1. The molecule has 0 aliphatic carbocycles. The summed E-state index contributed by atoms with van der Waals surface area (Å²) in [7, 11) is 0. The fourth-order valence-corrected chi connectivity index (χ4v) is 1.81. The topological polar surface area (TPSA) is 25.8 Å². The molecular formula is C14H16N2. The van der Waals surface area contributed by atoms with Crippen LogP contribution in [-0.4, -0.2) is 9.97 Å². The molecule has 1 aromatic carbocycles. The van der Waals surface area contributed by atoms with Gasteiger partial charge < -0.3 is 0 Å². The van der Waals surface area contributed by atoms with Gasteiger partial charge in [0.1, 0.15) is 6.33 Å². The molecule has 0 fully saturated rings. The Morgan fingerprint density at radius 1 is 1.12 bits per heavy atom. The minimum absolute atomic E-state index is 1.02. The molecular weight excluding hydrogens is 196 g/mol. The van der Waals surface area contributed by atoms with Gasteiger partial charge in [-0.2, -0.15) is 0 Å². The van der Waals surface area contributed by atoms with Gasteiger partial charge in [0.2, 0.25) is 0 Å². The number of aryl methyl sites for hydroxylation is 1. The number of hydrogen-bond acceptors (Lipinski definition) is 2. The highest BCUT2D eigenvalue weighted by molar-refractivity contribution is 5.63. The third kappa shape index (κ3) is 2.45. The van der Waals surface area contributed by atoms with Crippen LogP contribution in [0.25, 0.3) is 11.3 Å². The lowest BCUT2D eigenvalue weighted by Crippen LogP contribution is -1.92. The molecule has 0 spiro atoms. The van der Waals surface area contributed by atoms with Gasteiger partial charge in [-0.05, 0) is 24.5 Å². The van der Waals surface area contributed by atoms with E-state index in [2.05, 4.69) is 41.2 Å². The first-order chi connectivity index (χ1) is 7.92. The van der Waals surface area contributed by atoms with Crippen molar-refractivity contribution in [2.24, 2.45) is 0 Å². The molecule has 16 heavy (non-hydrogen) atoms. The number of nitrogens with zero attached hydrogens (tertiary/aromatic N) is 2. The predicted octanol–water partition coefficient (Wildman–Crippen LogP) is 3.49. The van der Waals surface area contributed by atoms with Gasteiger partial charge in [-0.3, -0.25) is 0 Å². The van der Waals surface area contributed by atoms with Gasteiger partial charge >= 0.3 is 0 Å². The van der Waals surface area contributed by atoms with Crippen LogP contribution >= 0.6 is 0 Å². The first-order valence-electron chi connectivity index (χ1n) is 5.76. The summed E-state index contributed by atoms with van der Waals surface area (Å²) in [5, 5.41) is 0. The average molecular weight is 212 g/mol. The summed E-state index contributed by atoms with van der Waals surface area (Å²) in [5.41, 5.74) is 3.63. The number of hydrogen-bond donors (Lipinski definition) is 0. The van der Waals surface area contributed by atoms with Crippen LogP contribution in [0.15, 0.2) is 42.9 Å². The Kier molecular flexibility index (Phi) is 3.65. The maximum atomic E-state index is 4.31.